The summed E-state index contributed by atoms with van der Waals surface area (Å²) in [5.41, 5.74) is 0. The molecule has 0 heterocycles. The van der Waals surface area contributed by atoms with E-state index in [4.69, 9.17) is 0 Å². The molecule has 0 aromatic heterocycles. The third kappa shape index (κ3) is 12.5. The quantitative estimate of drug-likeness (QED) is 0.553. The predicted molar refractivity (Wildman–Crippen MR) is 15.2 cm³/mol. The van der Waals surface area contributed by atoms with Crippen molar-refractivity contribution >= 4 is 29.6 Å². The molecule has 0 radical (unpaired) electrons. The van der Waals surface area contributed by atoms with Gasteiger partial charge in [0.05, 0.1) is 0 Å². The second-order valence-corrected chi connectivity index (χ2v) is 4.54. The Hall–Kier alpha value is 1.29. The molecule has 0 aliphatic carbocycles. The van der Waals surface area contributed by atoms with Gasteiger partial charge in [0.15, 0.2) is 0 Å². The Bertz CT molecular complexity index is 215. The Morgan fingerprint density at radius 2 is 1.67 bits per heavy atom. The van der Waals surface area contributed by atoms with Crippen LogP contribution in [0.4, 0.5) is 0 Å². The fourth-order valence-corrected chi connectivity index (χ4v) is 1.58. The molecule has 0 aliphatic heterocycles. The minimum absolute atomic E-state index is 0. The van der Waals surface area contributed by atoms with Crippen molar-refractivity contribution in [3.05, 3.63) is 0 Å². The van der Waals surface area contributed by atoms with Crippen molar-refractivity contribution in [3.8, 4) is 0 Å². The molecule has 49 valence electrons. The van der Waals surface area contributed by atoms with Gasteiger partial charge in [-0.25, -0.2) is 0 Å². The van der Waals surface area contributed by atoms with E-state index in [-0.39, 0.29) is 29.6 Å². The summed E-state index contributed by atoms with van der Waals surface area (Å²) < 4.78 is 45.9. The van der Waals surface area contributed by atoms with E-state index >= 15 is 0 Å². The molecule has 0 aromatic carbocycles. The molecular weight excluding hydrogens is 219 g/mol. The van der Waals surface area contributed by atoms with E-state index < -0.39 is 29.9 Å². The van der Waals surface area contributed by atoms with Gasteiger partial charge < -0.3 is 0 Å². The monoisotopic (exact) mass is 222 g/mol. The topological polar surface area (TPSA) is 104 Å². The molecule has 0 aromatic rings. The van der Waals surface area contributed by atoms with Gasteiger partial charge in [-0.15, -0.1) is 0 Å². The van der Waals surface area contributed by atoms with E-state index in [0.717, 1.165) is 0 Å². The maximum absolute atomic E-state index is 9.72. The molecule has 0 amide bonds. The van der Waals surface area contributed by atoms with Crippen molar-refractivity contribution in [2.24, 2.45) is 4.58 Å². The first-order chi connectivity index (χ1) is 3.42. The fraction of sp³-hybridized carbons (Fsp3) is 0. The van der Waals surface area contributed by atoms with Gasteiger partial charge in [-0.05, 0) is 0 Å². The molecule has 0 bridgehead atoms. The summed E-state index contributed by atoms with van der Waals surface area (Å²) in [6.45, 7) is 0. The summed E-state index contributed by atoms with van der Waals surface area (Å²) in [7, 11) is 0. The SMILES string of the molecule is [NH2][V](=[O])(=[O])[O][V](=[O])=[O].[NaH]. The first kappa shape index (κ1) is 12.9. The average Bonchev–Trinajstić information content (AvgIpc) is 1.21. The molecule has 0 saturated carbocycles. The van der Waals surface area contributed by atoms with Crippen LogP contribution in [0.15, 0.2) is 0 Å². The molecule has 6 nitrogen and oxygen atoms in total. The van der Waals surface area contributed by atoms with Crippen LogP contribution in [0.1, 0.15) is 0 Å². The van der Waals surface area contributed by atoms with Crippen molar-refractivity contribution in [3.63, 3.8) is 0 Å². The van der Waals surface area contributed by atoms with Crippen LogP contribution in [-0.4, -0.2) is 29.6 Å². The third-order valence-corrected chi connectivity index (χ3v) is 3.07. The molecule has 0 saturated heterocycles. The van der Waals surface area contributed by atoms with Gasteiger partial charge in [0, 0.05) is 0 Å². The Labute approximate surface area is 80.5 Å². The van der Waals surface area contributed by atoms with E-state index in [1.165, 1.54) is 0 Å². The number of rotatable bonds is 2. The molecule has 0 spiro atoms. The Kier molecular flexibility index (Phi) is 7.19. The number of hydrogen-bond acceptors (Lipinski definition) is 5. The van der Waals surface area contributed by atoms with Crippen molar-refractivity contribution in [1.29, 1.82) is 0 Å². The molecule has 2 N–H and O–H groups in total. The van der Waals surface area contributed by atoms with Crippen molar-refractivity contribution in [1.82, 2.24) is 0 Å². The van der Waals surface area contributed by atoms with Gasteiger partial charge >= 0.3 is 81.3 Å². The van der Waals surface area contributed by atoms with Crippen LogP contribution in [0, 0.1) is 0 Å². The molecule has 0 unspecified atom stereocenters. The molecule has 0 aliphatic rings. The Morgan fingerprint density at radius 1 is 1.33 bits per heavy atom. The first-order valence-electron chi connectivity index (χ1n) is 1.35. The maximum atomic E-state index is 9.72. The summed E-state index contributed by atoms with van der Waals surface area (Å²) in [6.07, 6.45) is 0. The molecular formula is H3NNaO5V2. The van der Waals surface area contributed by atoms with E-state index in [1.54, 1.807) is 0 Å². The number of hydrogen-bond donors (Lipinski definition) is 1. The zero-order chi connectivity index (χ0) is 6.78. The normalized spacial score (nSPS) is 9.89. The molecule has 9 heavy (non-hydrogen) atoms. The zero-order valence-corrected chi connectivity index (χ0v) is 6.31. The summed E-state index contributed by atoms with van der Waals surface area (Å²) in [6, 6.07) is 0. The van der Waals surface area contributed by atoms with Crippen molar-refractivity contribution in [2.45, 2.75) is 0 Å². The van der Waals surface area contributed by atoms with Gasteiger partial charge in [0.2, 0.25) is 0 Å². The van der Waals surface area contributed by atoms with Crippen LogP contribution in [0.3, 0.4) is 0 Å². The van der Waals surface area contributed by atoms with E-state index in [1.807, 2.05) is 0 Å². The van der Waals surface area contributed by atoms with Gasteiger partial charge in [-0.1, -0.05) is 0 Å². The minimum atomic E-state index is -5.08. The van der Waals surface area contributed by atoms with Crippen LogP contribution in [0.5, 0.6) is 0 Å². The summed E-state index contributed by atoms with van der Waals surface area (Å²) in [5.74, 6) is 0. The predicted octanol–water partition coefficient (Wildman–Crippen LogP) is -1.79. The summed E-state index contributed by atoms with van der Waals surface area (Å²) in [5, 5.41) is 0. The van der Waals surface area contributed by atoms with Gasteiger partial charge in [0.1, 0.15) is 0 Å². The van der Waals surface area contributed by atoms with Gasteiger partial charge in [-0.2, -0.15) is 0 Å². The molecule has 0 atom stereocenters. The van der Waals surface area contributed by atoms with Gasteiger partial charge in [-0.3, -0.25) is 0 Å². The Morgan fingerprint density at radius 3 is 1.67 bits per heavy atom. The van der Waals surface area contributed by atoms with Crippen molar-refractivity contribution < 1.29 is 47.2 Å². The fourth-order valence-electron chi connectivity index (χ4n) is 0.0929. The van der Waals surface area contributed by atoms with E-state index in [9.17, 15) is 14.7 Å². The first-order valence-corrected chi connectivity index (χ1v) is 5.58. The van der Waals surface area contributed by atoms with E-state index in [0.29, 0.717) is 0 Å². The third-order valence-electron chi connectivity index (χ3n) is 0.180. The zero-order valence-electron chi connectivity index (χ0n) is 3.51. The standard InChI is InChI=1S/H2N.Na.5O.2V.H/h1H2;;;;;;;;;/q-1;;;;;;;;+1;. The number of nitrogens with two attached hydrogens (primary N) is 1. The van der Waals surface area contributed by atoms with Crippen LogP contribution in [0.2, 0.25) is 0 Å². The van der Waals surface area contributed by atoms with E-state index in [2.05, 4.69) is 7.17 Å². The van der Waals surface area contributed by atoms with Crippen LogP contribution < -0.4 is 4.58 Å². The van der Waals surface area contributed by atoms with Gasteiger partial charge in [0.25, 0.3) is 0 Å². The summed E-state index contributed by atoms with van der Waals surface area (Å²) >= 11 is -9.10. The van der Waals surface area contributed by atoms with Crippen LogP contribution in [-0.2, 0) is 47.2 Å². The molecule has 0 rings (SSSR count). The molecule has 9 heteroatoms. The second kappa shape index (κ2) is 5.01. The van der Waals surface area contributed by atoms with Crippen LogP contribution in [0.25, 0.3) is 0 Å². The second-order valence-electron chi connectivity index (χ2n) is 0.845. The van der Waals surface area contributed by atoms with Crippen LogP contribution >= 0.6 is 0 Å². The molecule has 0 fully saturated rings. The Balaban J connectivity index is 0. The summed E-state index contributed by atoms with van der Waals surface area (Å²) in [4.78, 5) is 0. The average molecular weight is 222 g/mol. The van der Waals surface area contributed by atoms with Crippen molar-refractivity contribution in [2.75, 3.05) is 0 Å².